The van der Waals surface area contributed by atoms with Crippen LogP contribution in [-0.2, 0) is 17.9 Å². The van der Waals surface area contributed by atoms with Crippen molar-refractivity contribution in [2.45, 2.75) is 38.0 Å². The largest absolute Gasteiger partial charge is 0.307 e. The van der Waals surface area contributed by atoms with Crippen LogP contribution in [0.4, 0.5) is 5.69 Å². The van der Waals surface area contributed by atoms with E-state index in [1.807, 2.05) is 89.3 Å². The molecule has 0 radical (unpaired) electrons. The van der Waals surface area contributed by atoms with E-state index in [1.54, 1.807) is 9.47 Å². The van der Waals surface area contributed by atoms with Gasteiger partial charge in [-0.2, -0.15) is 0 Å². The molecular formula is C28H27N5O2S. The van der Waals surface area contributed by atoms with E-state index in [9.17, 15) is 9.59 Å². The highest BCUT2D eigenvalue weighted by molar-refractivity contribution is 7.99. The van der Waals surface area contributed by atoms with Crippen molar-refractivity contribution in [3.8, 4) is 0 Å². The van der Waals surface area contributed by atoms with Gasteiger partial charge in [0.25, 0.3) is 5.56 Å². The summed E-state index contributed by atoms with van der Waals surface area (Å²) in [4.78, 5) is 28.4. The molecule has 0 N–H and O–H groups in total. The highest BCUT2D eigenvalue weighted by atomic mass is 32.2. The van der Waals surface area contributed by atoms with Gasteiger partial charge in [0.1, 0.15) is 0 Å². The standard InChI is InChI=1S/C28H27N5O2S/c1-2-3-18-31-26(35)23-16-10-11-17-24(23)33-27(31)29-30-28(33)36-20-25(34)32(22-14-8-5-9-15-22)19-21-12-6-4-7-13-21/h4-17H,2-3,18-20H2,1H3. The average Bonchev–Trinajstić information content (AvgIpc) is 3.35. The van der Waals surface area contributed by atoms with Crippen LogP contribution in [0, 0.1) is 0 Å². The number of benzene rings is 3. The SMILES string of the molecule is CCCCn1c(=O)c2ccccc2n2c(SCC(=O)N(Cc3ccccc3)c3ccccc3)nnc12. The molecule has 5 rings (SSSR count). The fraction of sp³-hybridized carbons (Fsp3) is 0.214. The molecule has 0 unspecified atom stereocenters. The maximum atomic E-state index is 13.5. The van der Waals surface area contributed by atoms with E-state index in [2.05, 4.69) is 17.1 Å². The number of carbonyl (C=O) groups is 1. The van der Waals surface area contributed by atoms with E-state index < -0.39 is 0 Å². The third kappa shape index (κ3) is 4.77. The van der Waals surface area contributed by atoms with Crippen LogP contribution < -0.4 is 10.5 Å². The molecule has 0 fully saturated rings. The zero-order chi connectivity index (χ0) is 24.9. The second-order valence-electron chi connectivity index (χ2n) is 8.54. The van der Waals surface area contributed by atoms with E-state index >= 15 is 0 Å². The van der Waals surface area contributed by atoms with Gasteiger partial charge in [-0.25, -0.2) is 0 Å². The molecule has 8 heteroatoms. The van der Waals surface area contributed by atoms with Gasteiger partial charge in [-0.1, -0.05) is 85.8 Å². The van der Waals surface area contributed by atoms with Gasteiger partial charge >= 0.3 is 0 Å². The highest BCUT2D eigenvalue weighted by Crippen LogP contribution is 2.24. The number of anilines is 1. The molecule has 0 atom stereocenters. The molecule has 5 aromatic rings. The maximum absolute atomic E-state index is 13.5. The number of aryl methyl sites for hydroxylation is 1. The number of hydrogen-bond acceptors (Lipinski definition) is 5. The first-order valence-electron chi connectivity index (χ1n) is 12.1. The molecule has 0 aliphatic rings. The number of amides is 1. The molecular weight excluding hydrogens is 470 g/mol. The molecule has 0 bridgehead atoms. The molecule has 2 aromatic heterocycles. The predicted molar refractivity (Wildman–Crippen MR) is 144 cm³/mol. The Labute approximate surface area is 213 Å². The lowest BCUT2D eigenvalue weighted by molar-refractivity contribution is -0.116. The Bertz CT molecular complexity index is 1550. The first kappa shape index (κ1) is 23.8. The van der Waals surface area contributed by atoms with Crippen molar-refractivity contribution in [2.24, 2.45) is 0 Å². The summed E-state index contributed by atoms with van der Waals surface area (Å²) in [6.45, 7) is 3.14. The monoisotopic (exact) mass is 497 g/mol. The van der Waals surface area contributed by atoms with Crippen LogP contribution in [0.1, 0.15) is 25.3 Å². The van der Waals surface area contributed by atoms with E-state index in [4.69, 9.17) is 0 Å². The normalized spacial score (nSPS) is 11.2. The summed E-state index contributed by atoms with van der Waals surface area (Å²) in [5, 5.41) is 9.96. The van der Waals surface area contributed by atoms with Crippen molar-refractivity contribution in [1.29, 1.82) is 0 Å². The molecule has 0 aliphatic heterocycles. The number of carbonyl (C=O) groups excluding carboxylic acids is 1. The van der Waals surface area contributed by atoms with Crippen LogP contribution in [0.15, 0.2) is 94.9 Å². The van der Waals surface area contributed by atoms with Crippen LogP contribution in [0.25, 0.3) is 16.7 Å². The molecule has 1 amide bonds. The van der Waals surface area contributed by atoms with E-state index in [0.717, 1.165) is 29.6 Å². The number of thioether (sulfide) groups is 1. The number of aromatic nitrogens is 4. The highest BCUT2D eigenvalue weighted by Gasteiger charge is 2.20. The van der Waals surface area contributed by atoms with Crippen LogP contribution in [0.2, 0.25) is 0 Å². The van der Waals surface area contributed by atoms with Crippen molar-refractivity contribution in [3.63, 3.8) is 0 Å². The molecule has 0 aliphatic carbocycles. The molecule has 3 aromatic carbocycles. The summed E-state index contributed by atoms with van der Waals surface area (Å²) in [7, 11) is 0. The van der Waals surface area contributed by atoms with Crippen LogP contribution in [0.5, 0.6) is 0 Å². The number of para-hydroxylation sites is 2. The second kappa shape index (κ2) is 10.8. The van der Waals surface area contributed by atoms with Gasteiger partial charge < -0.3 is 4.90 Å². The summed E-state index contributed by atoms with van der Waals surface area (Å²) in [6.07, 6.45) is 1.83. The Kier molecular flexibility index (Phi) is 7.13. The fourth-order valence-electron chi connectivity index (χ4n) is 4.25. The van der Waals surface area contributed by atoms with Crippen molar-refractivity contribution in [2.75, 3.05) is 10.7 Å². The molecule has 2 heterocycles. The van der Waals surface area contributed by atoms with Crippen molar-refractivity contribution < 1.29 is 4.79 Å². The van der Waals surface area contributed by atoms with Crippen molar-refractivity contribution in [3.05, 3.63) is 101 Å². The van der Waals surface area contributed by atoms with Crippen LogP contribution >= 0.6 is 11.8 Å². The molecule has 0 spiro atoms. The van der Waals surface area contributed by atoms with E-state index in [1.165, 1.54) is 11.8 Å². The lowest BCUT2D eigenvalue weighted by Crippen LogP contribution is -2.32. The minimum atomic E-state index is -0.0651. The van der Waals surface area contributed by atoms with Crippen LogP contribution in [-0.4, -0.2) is 30.8 Å². The Hall–Kier alpha value is -3.91. The first-order valence-corrected chi connectivity index (χ1v) is 13.0. The predicted octanol–water partition coefficient (Wildman–Crippen LogP) is 5.17. The minimum Gasteiger partial charge on any atom is -0.307 e. The van der Waals surface area contributed by atoms with E-state index in [-0.39, 0.29) is 17.2 Å². The van der Waals surface area contributed by atoms with E-state index in [0.29, 0.717) is 29.4 Å². The smallest absolute Gasteiger partial charge is 0.262 e. The Morgan fingerprint density at radius 3 is 2.36 bits per heavy atom. The first-order chi connectivity index (χ1) is 17.7. The Morgan fingerprint density at radius 1 is 0.917 bits per heavy atom. The summed E-state index contributed by atoms with van der Waals surface area (Å²) in [5.74, 6) is 0.659. The molecule has 0 saturated carbocycles. The van der Waals surface area contributed by atoms with Gasteiger partial charge in [0.15, 0.2) is 5.16 Å². The Morgan fingerprint density at radius 2 is 1.61 bits per heavy atom. The fourth-order valence-corrected chi connectivity index (χ4v) is 5.06. The minimum absolute atomic E-state index is 0.0320. The summed E-state index contributed by atoms with van der Waals surface area (Å²) in [5.41, 5.74) is 2.58. The summed E-state index contributed by atoms with van der Waals surface area (Å²) in [6, 6.07) is 27.1. The summed E-state index contributed by atoms with van der Waals surface area (Å²) < 4.78 is 3.59. The Balaban J connectivity index is 1.47. The topological polar surface area (TPSA) is 72.5 Å². The molecule has 7 nitrogen and oxygen atoms in total. The maximum Gasteiger partial charge on any atom is 0.262 e. The average molecular weight is 498 g/mol. The lowest BCUT2D eigenvalue weighted by Gasteiger charge is -2.23. The quantitative estimate of drug-likeness (QED) is 0.263. The van der Waals surface area contributed by atoms with Gasteiger partial charge in [-0.05, 0) is 36.2 Å². The molecule has 182 valence electrons. The van der Waals surface area contributed by atoms with Gasteiger partial charge in [0.2, 0.25) is 11.7 Å². The number of hydrogen-bond donors (Lipinski definition) is 0. The van der Waals surface area contributed by atoms with Crippen molar-refractivity contribution in [1.82, 2.24) is 19.2 Å². The third-order valence-corrected chi connectivity index (χ3v) is 7.00. The van der Waals surface area contributed by atoms with Crippen molar-refractivity contribution >= 4 is 40.0 Å². The number of fused-ring (bicyclic) bond motifs is 3. The second-order valence-corrected chi connectivity index (χ2v) is 9.48. The third-order valence-electron chi connectivity index (χ3n) is 6.09. The summed E-state index contributed by atoms with van der Waals surface area (Å²) >= 11 is 1.33. The van der Waals surface area contributed by atoms with Crippen LogP contribution in [0.3, 0.4) is 0 Å². The van der Waals surface area contributed by atoms with Gasteiger partial charge in [0, 0.05) is 12.2 Å². The number of unbranched alkanes of at least 4 members (excludes halogenated alkanes) is 1. The molecule has 36 heavy (non-hydrogen) atoms. The number of rotatable bonds is 9. The lowest BCUT2D eigenvalue weighted by atomic mass is 10.2. The van der Waals surface area contributed by atoms with Gasteiger partial charge in [-0.15, -0.1) is 10.2 Å². The van der Waals surface area contributed by atoms with Gasteiger partial charge in [0.05, 0.1) is 23.2 Å². The zero-order valence-electron chi connectivity index (χ0n) is 20.1. The molecule has 0 saturated heterocycles. The zero-order valence-corrected chi connectivity index (χ0v) is 20.9. The number of nitrogens with zero attached hydrogens (tertiary/aromatic N) is 5. The van der Waals surface area contributed by atoms with Gasteiger partial charge in [-0.3, -0.25) is 18.6 Å².